The maximum absolute atomic E-state index is 12.5. The molecule has 0 spiro atoms. The summed E-state index contributed by atoms with van der Waals surface area (Å²) in [5.74, 6) is 1.68. The molecule has 0 saturated carbocycles. The summed E-state index contributed by atoms with van der Waals surface area (Å²) < 4.78 is 30.9. The number of thiol groups is 1. The number of rotatable bonds is 3. The van der Waals surface area contributed by atoms with Gasteiger partial charge in [-0.15, -0.1) is 19.1 Å². The van der Waals surface area contributed by atoms with Crippen LogP contribution in [-0.4, -0.2) is 93.3 Å². The zero-order valence-corrected chi connectivity index (χ0v) is 28.1. The van der Waals surface area contributed by atoms with Crippen molar-refractivity contribution in [3.63, 3.8) is 0 Å². The third kappa shape index (κ3) is 6.83. The largest absolute Gasteiger partial charge is 0.506 e. The fraction of sp³-hybridized carbons (Fsp3) is 0.353. The molecule has 0 radical (unpaired) electrons. The number of phenolic OH excluding ortho intramolecular Hbond substituents is 1. The van der Waals surface area contributed by atoms with Crippen LogP contribution in [0.15, 0.2) is 66.8 Å². The summed E-state index contributed by atoms with van der Waals surface area (Å²) >= 11 is 3.99. The monoisotopic (exact) mass is 715 g/mol. The lowest BCUT2D eigenvalue weighted by atomic mass is 9.97. The lowest BCUT2D eigenvalue weighted by molar-refractivity contribution is -0.323. The second-order valence-corrected chi connectivity index (χ2v) is 11.0. The first kappa shape index (κ1) is 38.4. The molecule has 1 fully saturated rings. The number of aromatic hydroxyl groups is 1. The molecule has 2 aromatic heterocycles. The molecular formula is C34H37NO14S. The van der Waals surface area contributed by atoms with E-state index in [-0.39, 0.29) is 27.7 Å². The summed E-state index contributed by atoms with van der Waals surface area (Å²) in [7, 11) is 2.78. The summed E-state index contributed by atoms with van der Waals surface area (Å²) in [6.07, 6.45) is -3.32. The van der Waals surface area contributed by atoms with Gasteiger partial charge in [-0.1, -0.05) is 44.0 Å². The Balaban J connectivity index is 0.000000208. The predicted molar refractivity (Wildman–Crippen MR) is 185 cm³/mol. The molecule has 0 bridgehead atoms. The normalized spacial score (nSPS) is 26.1. The zero-order valence-electron chi connectivity index (χ0n) is 27.2. The Labute approximate surface area is 289 Å². The number of fused-ring (bicyclic) bond motifs is 2. The van der Waals surface area contributed by atoms with Crippen LogP contribution >= 0.6 is 12.6 Å². The van der Waals surface area contributed by atoms with E-state index in [2.05, 4.69) is 29.0 Å². The summed E-state index contributed by atoms with van der Waals surface area (Å²) in [6, 6.07) is 9.89. The molecule has 8 atom stereocenters. The molecule has 8 N–H and O–H groups in total. The van der Waals surface area contributed by atoms with Crippen LogP contribution in [0.4, 0.5) is 0 Å². The van der Waals surface area contributed by atoms with Crippen LogP contribution < -0.4 is 17.0 Å². The van der Waals surface area contributed by atoms with Crippen LogP contribution in [0.3, 0.4) is 0 Å². The molecule has 0 amide bonds. The Morgan fingerprint density at radius 3 is 2.18 bits per heavy atom. The van der Waals surface area contributed by atoms with Gasteiger partial charge in [0.25, 0.3) is 0 Å². The minimum absolute atomic E-state index is 0.0107. The molecular weight excluding hydrogens is 678 g/mol. The minimum atomic E-state index is -1.57. The van der Waals surface area contributed by atoms with Crippen LogP contribution in [0.1, 0.15) is 19.4 Å². The molecule has 2 aliphatic heterocycles. The van der Waals surface area contributed by atoms with Crippen molar-refractivity contribution in [2.75, 3.05) is 14.2 Å². The number of aliphatic hydroxyl groups excluding tert-OH is 5. The molecule has 2 aliphatic rings. The van der Waals surface area contributed by atoms with E-state index < -0.39 is 65.5 Å². The van der Waals surface area contributed by atoms with Crippen molar-refractivity contribution in [1.29, 1.82) is 0 Å². The van der Waals surface area contributed by atoms with E-state index in [9.17, 15) is 40.2 Å². The summed E-state index contributed by atoms with van der Waals surface area (Å²) in [4.78, 5) is 25.0. The molecule has 0 aliphatic carbocycles. The molecule has 5 aromatic rings. The summed E-state index contributed by atoms with van der Waals surface area (Å²) in [5, 5.41) is 61.1. The molecule has 16 heteroatoms. The van der Waals surface area contributed by atoms with Gasteiger partial charge in [0.15, 0.2) is 18.2 Å². The van der Waals surface area contributed by atoms with Gasteiger partial charge in [-0.2, -0.15) is 0 Å². The smallest absolute Gasteiger partial charge is 0.348 e. The molecule has 15 nitrogen and oxygen atoms in total. The first-order chi connectivity index (χ1) is 24.0. The van der Waals surface area contributed by atoms with Crippen molar-refractivity contribution in [2.45, 2.75) is 62.4 Å². The van der Waals surface area contributed by atoms with Crippen molar-refractivity contribution in [1.82, 2.24) is 0 Å². The number of aliphatic hydroxyl groups is 5. The first-order valence-electron chi connectivity index (χ1n) is 15.2. The number of methoxy groups -OCH3 is 1. The second kappa shape index (κ2) is 16.1. The maximum Gasteiger partial charge on any atom is 0.348 e. The highest BCUT2D eigenvalue weighted by Gasteiger charge is 2.47. The quantitative estimate of drug-likeness (QED) is 0.0436. The van der Waals surface area contributed by atoms with Crippen molar-refractivity contribution in [3.8, 4) is 18.1 Å². The molecule has 1 saturated heterocycles. The van der Waals surface area contributed by atoms with Crippen LogP contribution in [0, 0.1) is 12.3 Å². The Morgan fingerprint density at radius 2 is 1.54 bits per heavy atom. The lowest BCUT2D eigenvalue weighted by Crippen LogP contribution is -2.59. The van der Waals surface area contributed by atoms with E-state index in [1.807, 2.05) is 13.8 Å². The molecule has 3 aromatic carbocycles. The summed E-state index contributed by atoms with van der Waals surface area (Å²) in [6.45, 7) is 4.00. The molecule has 7 rings (SSSR count). The van der Waals surface area contributed by atoms with Crippen LogP contribution in [0.5, 0.6) is 5.75 Å². The summed E-state index contributed by atoms with van der Waals surface area (Å²) in [5.41, 5.74) is 3.02. The number of terminal acetylenes is 1. The van der Waals surface area contributed by atoms with Gasteiger partial charge in [0.2, 0.25) is 6.29 Å². The molecule has 50 heavy (non-hydrogen) atoms. The number of hydrogen-bond acceptors (Lipinski definition) is 16. The van der Waals surface area contributed by atoms with E-state index >= 15 is 0 Å². The Bertz CT molecular complexity index is 2140. The van der Waals surface area contributed by atoms with Crippen LogP contribution in [-0.2, 0) is 18.9 Å². The highest BCUT2D eigenvalue weighted by atomic mass is 32.1. The standard InChI is InChI=1S/C20H8O5.C11H18O9S.C2H6.CH5N/c1-2-9-7-12-14-13(8-9)24-20(23)16-15(14)18(25-19(12)22)11-6-4-3-5-10(11)17(16)21;1-17-7-5(14)10(20-11(21)6(7)15)19-8-4(13)3(12)2-18-9(8)16;2*1-2/h1,3-8,21H;2,4-16,21H,1H3;1-2H3;2H2,1H3. The van der Waals surface area contributed by atoms with Gasteiger partial charge in [0.1, 0.15) is 58.4 Å². The van der Waals surface area contributed by atoms with Crippen molar-refractivity contribution < 1.29 is 58.4 Å². The van der Waals surface area contributed by atoms with E-state index in [1.165, 1.54) is 26.3 Å². The Kier molecular flexibility index (Phi) is 12.3. The van der Waals surface area contributed by atoms with E-state index in [0.29, 0.717) is 27.1 Å². The van der Waals surface area contributed by atoms with Crippen LogP contribution in [0.2, 0.25) is 0 Å². The van der Waals surface area contributed by atoms with Crippen LogP contribution in [0.25, 0.3) is 43.5 Å². The van der Waals surface area contributed by atoms with Gasteiger partial charge in [0.05, 0.1) is 5.39 Å². The van der Waals surface area contributed by atoms with E-state index in [1.54, 1.807) is 24.3 Å². The van der Waals surface area contributed by atoms with Crippen molar-refractivity contribution in [2.24, 2.45) is 5.73 Å². The molecule has 8 unspecified atom stereocenters. The second-order valence-electron chi connectivity index (χ2n) is 10.5. The number of ether oxygens (including phenoxy) is 4. The van der Waals surface area contributed by atoms with Gasteiger partial charge in [-0.25, -0.2) is 9.59 Å². The fourth-order valence-electron chi connectivity index (χ4n) is 5.55. The third-order valence-corrected chi connectivity index (χ3v) is 8.21. The Morgan fingerprint density at radius 1 is 0.880 bits per heavy atom. The van der Waals surface area contributed by atoms with Crippen molar-refractivity contribution >= 4 is 56.1 Å². The molecule has 4 heterocycles. The number of hydrogen-bond donors (Lipinski definition) is 8. The third-order valence-electron chi connectivity index (χ3n) is 7.79. The number of phenols is 1. The van der Waals surface area contributed by atoms with Crippen molar-refractivity contribution in [3.05, 3.63) is 74.8 Å². The van der Waals surface area contributed by atoms with Gasteiger partial charge < -0.3 is 64.2 Å². The Hall–Kier alpha value is -4.41. The zero-order chi connectivity index (χ0) is 37.0. The lowest BCUT2D eigenvalue weighted by Gasteiger charge is -2.42. The molecule has 268 valence electrons. The van der Waals surface area contributed by atoms with E-state index in [0.717, 1.165) is 6.26 Å². The predicted octanol–water partition coefficient (Wildman–Crippen LogP) is 1.76. The van der Waals surface area contributed by atoms with Gasteiger partial charge in [-0.3, -0.25) is 0 Å². The highest BCUT2D eigenvalue weighted by Crippen LogP contribution is 2.41. The average molecular weight is 716 g/mol. The minimum Gasteiger partial charge on any atom is -0.506 e. The maximum atomic E-state index is 12.5. The van der Waals surface area contributed by atoms with Gasteiger partial charge in [-0.05, 0) is 19.2 Å². The SMILES string of the molecule is C#Cc1cc2oc(=O)c3c(O)c4ccccc4c4oc(=O)c(c1)c2c34.CC.CN.COC1C(O)C(S)OC(OC2C(O)OC=C(O)C2O)C1O. The van der Waals surface area contributed by atoms with E-state index in [4.69, 9.17) is 29.5 Å². The first-order valence-corrected chi connectivity index (χ1v) is 15.7. The highest BCUT2D eigenvalue weighted by molar-refractivity contribution is 7.80. The van der Waals surface area contributed by atoms with Gasteiger partial charge >= 0.3 is 11.3 Å². The average Bonchev–Trinajstić information content (AvgIpc) is 3.13. The fourth-order valence-corrected chi connectivity index (χ4v) is 5.83. The topological polar surface area (TPSA) is 245 Å². The number of benzene rings is 3. The van der Waals surface area contributed by atoms with Gasteiger partial charge in [0, 0.05) is 34.2 Å². The number of nitrogens with two attached hydrogens (primary N) is 1.